The molecule has 4 nitrogen and oxygen atoms in total. The van der Waals surface area contributed by atoms with Crippen LogP contribution < -0.4 is 0 Å². The van der Waals surface area contributed by atoms with Crippen molar-refractivity contribution in [2.45, 2.75) is 30.6 Å². The van der Waals surface area contributed by atoms with Gasteiger partial charge in [0.05, 0.1) is 15.5 Å². The predicted molar refractivity (Wildman–Crippen MR) is 126 cm³/mol. The van der Waals surface area contributed by atoms with E-state index in [-0.39, 0.29) is 16.4 Å². The lowest BCUT2D eigenvalue weighted by molar-refractivity contribution is 0.104. The maximum Gasteiger partial charge on any atom is 0.283 e. The molecule has 156 valence electrons. The van der Waals surface area contributed by atoms with Gasteiger partial charge in [0.15, 0.2) is 5.78 Å². The topological polar surface area (TPSA) is 63.6 Å². The maximum atomic E-state index is 13.1. The number of Topliss-reactive ketones (excluding diaryl/α,β-unsaturated/α-hetero) is 1. The van der Waals surface area contributed by atoms with Gasteiger partial charge in [0.1, 0.15) is 0 Å². The van der Waals surface area contributed by atoms with Crippen LogP contribution >= 0.6 is 11.8 Å². The number of sulfonamides is 1. The minimum Gasteiger partial charge on any atom is -0.288 e. The first kappa shape index (κ1) is 21.3. The number of thioether (sulfide) groups is 1. The molecule has 1 aliphatic rings. The Morgan fingerprint density at radius 3 is 2.13 bits per heavy atom. The minimum atomic E-state index is -3.95. The van der Waals surface area contributed by atoms with E-state index in [1.165, 1.54) is 11.8 Å². The zero-order chi connectivity index (χ0) is 22.2. The van der Waals surface area contributed by atoms with Crippen molar-refractivity contribution in [2.24, 2.45) is 4.40 Å². The van der Waals surface area contributed by atoms with Crippen molar-refractivity contribution in [1.29, 1.82) is 0 Å². The molecule has 0 aliphatic heterocycles. The fourth-order valence-electron chi connectivity index (χ4n) is 3.46. The van der Waals surface area contributed by atoms with Crippen molar-refractivity contribution < 1.29 is 13.2 Å². The third-order valence-electron chi connectivity index (χ3n) is 5.01. The third kappa shape index (κ3) is 4.40. The number of ketones is 1. The zero-order valence-electron chi connectivity index (χ0n) is 17.4. The van der Waals surface area contributed by atoms with E-state index in [1.54, 1.807) is 49.4 Å². The van der Waals surface area contributed by atoms with Gasteiger partial charge in [-0.3, -0.25) is 4.79 Å². The highest BCUT2D eigenvalue weighted by molar-refractivity contribution is 8.04. The molecule has 1 aliphatic carbocycles. The summed E-state index contributed by atoms with van der Waals surface area (Å²) in [6.45, 7) is 5.67. The Morgan fingerprint density at radius 2 is 1.45 bits per heavy atom. The predicted octanol–water partition coefficient (Wildman–Crippen LogP) is 5.66. The Balaban J connectivity index is 1.82. The van der Waals surface area contributed by atoms with Crippen molar-refractivity contribution in [1.82, 2.24) is 0 Å². The number of carbonyl (C=O) groups is 1. The van der Waals surface area contributed by atoms with Crippen LogP contribution in [0.25, 0.3) is 0 Å². The number of fused-ring (bicyclic) bond motifs is 1. The first-order chi connectivity index (χ1) is 14.7. The summed E-state index contributed by atoms with van der Waals surface area (Å²) in [5.74, 6) is -0.135. The molecular formula is C25H21NO3S2. The van der Waals surface area contributed by atoms with Crippen molar-refractivity contribution in [2.75, 3.05) is 0 Å². The average Bonchev–Trinajstić information content (AvgIpc) is 2.72. The molecule has 3 aromatic rings. The first-order valence-electron chi connectivity index (χ1n) is 9.77. The second-order valence-electron chi connectivity index (χ2n) is 7.52. The quantitative estimate of drug-likeness (QED) is 0.517. The molecule has 0 unspecified atom stereocenters. The SMILES string of the molecule is Cc1ccc(SC2=CC(=NS(=O)(=O)c3ccc(C)cc3C)c3ccccc3C2=O)cc1. The Hall–Kier alpha value is -2.96. The Morgan fingerprint density at radius 1 is 0.806 bits per heavy atom. The lowest BCUT2D eigenvalue weighted by Crippen LogP contribution is -2.17. The number of hydrogen-bond acceptors (Lipinski definition) is 4. The molecule has 0 saturated carbocycles. The molecule has 0 bridgehead atoms. The Labute approximate surface area is 186 Å². The van der Waals surface area contributed by atoms with Crippen LogP contribution in [0, 0.1) is 20.8 Å². The van der Waals surface area contributed by atoms with E-state index in [0.29, 0.717) is 21.6 Å². The molecule has 3 aromatic carbocycles. The molecule has 0 amide bonds. The summed E-state index contributed by atoms with van der Waals surface area (Å²) in [7, 11) is -3.95. The smallest absolute Gasteiger partial charge is 0.283 e. The summed E-state index contributed by atoms with van der Waals surface area (Å²) >= 11 is 1.31. The molecule has 31 heavy (non-hydrogen) atoms. The average molecular weight is 448 g/mol. The van der Waals surface area contributed by atoms with Gasteiger partial charge in [-0.1, -0.05) is 71.4 Å². The van der Waals surface area contributed by atoms with Gasteiger partial charge in [0.25, 0.3) is 10.0 Å². The summed E-state index contributed by atoms with van der Waals surface area (Å²) in [6, 6.07) is 20.0. The van der Waals surface area contributed by atoms with Crippen LogP contribution in [0.2, 0.25) is 0 Å². The van der Waals surface area contributed by atoms with Crippen LogP contribution in [0.5, 0.6) is 0 Å². The molecule has 0 radical (unpaired) electrons. The van der Waals surface area contributed by atoms with E-state index >= 15 is 0 Å². The van der Waals surface area contributed by atoms with E-state index in [1.807, 2.05) is 44.2 Å². The highest BCUT2D eigenvalue weighted by Gasteiger charge is 2.27. The minimum absolute atomic E-state index is 0.135. The molecule has 0 fully saturated rings. The number of aryl methyl sites for hydroxylation is 3. The highest BCUT2D eigenvalue weighted by atomic mass is 32.2. The number of benzene rings is 3. The molecule has 4 rings (SSSR count). The molecule has 0 spiro atoms. The van der Waals surface area contributed by atoms with Gasteiger partial charge in [-0.15, -0.1) is 0 Å². The van der Waals surface area contributed by atoms with Gasteiger partial charge in [-0.05, 0) is 50.6 Å². The molecule has 0 heterocycles. The lowest BCUT2D eigenvalue weighted by Gasteiger charge is -2.17. The Bertz CT molecular complexity index is 1350. The standard InChI is InChI=1S/C25H21NO3S2/c1-16-8-11-19(12-9-16)30-23-15-22(20-6-4-5-7-21(20)25(23)27)26-31(28,29)24-13-10-17(2)14-18(24)3/h4-15H,1-3H3. The number of hydrogen-bond donors (Lipinski definition) is 0. The van der Waals surface area contributed by atoms with Crippen molar-refractivity contribution in [3.8, 4) is 0 Å². The van der Waals surface area contributed by atoms with Crippen LogP contribution in [0.1, 0.15) is 32.6 Å². The summed E-state index contributed by atoms with van der Waals surface area (Å²) in [4.78, 5) is 14.6. The van der Waals surface area contributed by atoms with Gasteiger partial charge < -0.3 is 0 Å². The van der Waals surface area contributed by atoms with Crippen LogP contribution in [0.3, 0.4) is 0 Å². The summed E-state index contributed by atoms with van der Waals surface area (Å²) in [6.07, 6.45) is 1.58. The third-order valence-corrected chi connectivity index (χ3v) is 7.50. The normalized spacial score (nSPS) is 15.0. The van der Waals surface area contributed by atoms with Crippen molar-refractivity contribution in [3.05, 3.63) is 106 Å². The van der Waals surface area contributed by atoms with E-state index in [2.05, 4.69) is 4.40 Å². The van der Waals surface area contributed by atoms with Crippen LogP contribution in [-0.4, -0.2) is 19.9 Å². The Kier molecular flexibility index (Phi) is 5.69. The van der Waals surface area contributed by atoms with Crippen molar-refractivity contribution >= 4 is 33.3 Å². The van der Waals surface area contributed by atoms with Crippen LogP contribution in [0.15, 0.2) is 91.9 Å². The van der Waals surface area contributed by atoms with E-state index in [4.69, 9.17) is 0 Å². The van der Waals surface area contributed by atoms with Crippen molar-refractivity contribution in [3.63, 3.8) is 0 Å². The fourth-order valence-corrected chi connectivity index (χ4v) is 5.57. The second-order valence-corrected chi connectivity index (χ2v) is 10.2. The molecule has 0 N–H and O–H groups in total. The largest absolute Gasteiger partial charge is 0.288 e. The van der Waals surface area contributed by atoms with Gasteiger partial charge in [0.2, 0.25) is 0 Å². The number of rotatable bonds is 4. The van der Waals surface area contributed by atoms with Gasteiger partial charge >= 0.3 is 0 Å². The van der Waals surface area contributed by atoms with E-state index in [0.717, 1.165) is 16.0 Å². The molecule has 0 atom stereocenters. The van der Waals surface area contributed by atoms with E-state index in [9.17, 15) is 13.2 Å². The molecule has 0 aromatic heterocycles. The number of carbonyl (C=O) groups excluding carboxylic acids is 1. The first-order valence-corrected chi connectivity index (χ1v) is 12.0. The molecule has 6 heteroatoms. The fraction of sp³-hybridized carbons (Fsp3) is 0.120. The summed E-state index contributed by atoms with van der Waals surface area (Å²) in [5, 5.41) is 0. The van der Waals surface area contributed by atoms with Crippen LogP contribution in [-0.2, 0) is 10.0 Å². The zero-order valence-corrected chi connectivity index (χ0v) is 19.0. The molecular weight excluding hydrogens is 426 g/mol. The van der Waals surface area contributed by atoms with E-state index < -0.39 is 10.0 Å². The van der Waals surface area contributed by atoms with Gasteiger partial charge in [0, 0.05) is 16.0 Å². The monoisotopic (exact) mass is 447 g/mol. The summed E-state index contributed by atoms with van der Waals surface area (Å²) in [5.41, 5.74) is 3.99. The molecule has 0 saturated heterocycles. The maximum absolute atomic E-state index is 13.1. The summed E-state index contributed by atoms with van der Waals surface area (Å²) < 4.78 is 30.4. The number of allylic oxidation sites excluding steroid dienone is 2. The van der Waals surface area contributed by atoms with Gasteiger partial charge in [-0.25, -0.2) is 0 Å². The highest BCUT2D eigenvalue weighted by Crippen LogP contribution is 2.34. The second kappa shape index (κ2) is 8.29. The van der Waals surface area contributed by atoms with Crippen LogP contribution in [0.4, 0.5) is 0 Å². The van der Waals surface area contributed by atoms with Gasteiger partial charge in [-0.2, -0.15) is 12.8 Å². The lowest BCUT2D eigenvalue weighted by atomic mass is 9.94. The number of nitrogens with zero attached hydrogens (tertiary/aromatic N) is 1.